The van der Waals surface area contributed by atoms with Gasteiger partial charge in [-0.15, -0.1) is 11.3 Å². The predicted molar refractivity (Wildman–Crippen MR) is 97.5 cm³/mol. The Kier molecular flexibility index (Phi) is 5.09. The van der Waals surface area contributed by atoms with Crippen molar-refractivity contribution >= 4 is 22.4 Å². The van der Waals surface area contributed by atoms with Gasteiger partial charge in [0.25, 0.3) is 5.91 Å². The lowest BCUT2D eigenvalue weighted by Gasteiger charge is -2.06. The molecule has 25 heavy (non-hydrogen) atoms. The van der Waals surface area contributed by atoms with E-state index in [1.807, 2.05) is 31.4 Å². The summed E-state index contributed by atoms with van der Waals surface area (Å²) in [5.41, 5.74) is 4.19. The molecule has 0 atom stereocenters. The maximum Gasteiger partial charge on any atom is 0.264 e. The number of rotatable bonds is 5. The number of benzene rings is 2. The summed E-state index contributed by atoms with van der Waals surface area (Å²) in [7, 11) is 0. The Morgan fingerprint density at radius 1 is 1.24 bits per heavy atom. The van der Waals surface area contributed by atoms with Crippen molar-refractivity contribution in [2.75, 3.05) is 11.9 Å². The third kappa shape index (κ3) is 4.42. The van der Waals surface area contributed by atoms with Crippen molar-refractivity contribution < 1.29 is 13.9 Å². The Morgan fingerprint density at radius 2 is 2.08 bits per heavy atom. The number of thiazole rings is 1. The van der Waals surface area contributed by atoms with Crippen molar-refractivity contribution in [1.82, 2.24) is 4.98 Å². The summed E-state index contributed by atoms with van der Waals surface area (Å²) in [6, 6.07) is 11.8. The first-order valence-electron chi connectivity index (χ1n) is 7.72. The Balaban J connectivity index is 1.62. The van der Waals surface area contributed by atoms with Gasteiger partial charge in [0, 0.05) is 17.0 Å². The molecule has 3 aromatic rings. The minimum atomic E-state index is -0.407. The number of hydrogen-bond donors (Lipinski definition) is 1. The van der Waals surface area contributed by atoms with E-state index in [9.17, 15) is 9.18 Å². The van der Waals surface area contributed by atoms with E-state index in [-0.39, 0.29) is 12.5 Å². The molecule has 0 saturated heterocycles. The van der Waals surface area contributed by atoms with Gasteiger partial charge in [0.2, 0.25) is 0 Å². The minimum absolute atomic E-state index is 0.206. The summed E-state index contributed by atoms with van der Waals surface area (Å²) in [6.07, 6.45) is 0. The Bertz CT molecular complexity index is 908. The Morgan fingerprint density at radius 3 is 2.84 bits per heavy atom. The third-order valence-corrected chi connectivity index (χ3v) is 4.33. The quantitative estimate of drug-likeness (QED) is 0.728. The molecular weight excluding hydrogens is 339 g/mol. The van der Waals surface area contributed by atoms with Gasteiger partial charge in [-0.3, -0.25) is 10.1 Å². The zero-order chi connectivity index (χ0) is 17.8. The van der Waals surface area contributed by atoms with Gasteiger partial charge >= 0.3 is 0 Å². The number of halogens is 1. The number of carbonyl (C=O) groups is 1. The molecule has 3 rings (SSSR count). The number of aromatic nitrogens is 1. The first-order chi connectivity index (χ1) is 12.0. The highest BCUT2D eigenvalue weighted by Gasteiger charge is 2.10. The first-order valence-corrected chi connectivity index (χ1v) is 8.60. The summed E-state index contributed by atoms with van der Waals surface area (Å²) in [5, 5.41) is 5.10. The molecule has 0 spiro atoms. The van der Waals surface area contributed by atoms with Crippen molar-refractivity contribution in [3.05, 3.63) is 64.8 Å². The molecule has 6 heteroatoms. The lowest BCUT2D eigenvalue weighted by molar-refractivity contribution is -0.118. The topological polar surface area (TPSA) is 51.2 Å². The molecule has 1 heterocycles. The van der Waals surface area contributed by atoms with E-state index in [1.54, 1.807) is 6.07 Å². The molecule has 0 radical (unpaired) electrons. The van der Waals surface area contributed by atoms with Gasteiger partial charge in [0.05, 0.1) is 5.69 Å². The number of ether oxygens (including phenoxy) is 1. The van der Waals surface area contributed by atoms with Crippen LogP contribution < -0.4 is 10.1 Å². The van der Waals surface area contributed by atoms with Crippen molar-refractivity contribution in [3.63, 3.8) is 0 Å². The van der Waals surface area contributed by atoms with Crippen LogP contribution in [0.2, 0.25) is 0 Å². The summed E-state index contributed by atoms with van der Waals surface area (Å²) in [5.74, 6) is -0.438. The Hall–Kier alpha value is -2.73. The molecule has 0 unspecified atom stereocenters. The molecule has 1 aromatic heterocycles. The number of hydrogen-bond acceptors (Lipinski definition) is 4. The molecule has 4 nitrogen and oxygen atoms in total. The van der Waals surface area contributed by atoms with Gasteiger partial charge in [-0.05, 0) is 31.5 Å². The zero-order valence-corrected chi connectivity index (χ0v) is 14.7. The maximum absolute atomic E-state index is 13.1. The van der Waals surface area contributed by atoms with Crippen LogP contribution in [0.3, 0.4) is 0 Å². The van der Waals surface area contributed by atoms with Crippen LogP contribution in [0.5, 0.6) is 5.75 Å². The van der Waals surface area contributed by atoms with Gasteiger partial charge in [-0.25, -0.2) is 9.37 Å². The van der Waals surface area contributed by atoms with Crippen LogP contribution in [-0.4, -0.2) is 17.5 Å². The Labute approximate surface area is 149 Å². The van der Waals surface area contributed by atoms with Crippen molar-refractivity contribution in [2.45, 2.75) is 13.8 Å². The fraction of sp³-hybridized carbons (Fsp3) is 0.158. The standard InChI is InChI=1S/C19H17FN2O2S/c1-12-6-7-16(13(2)8-12)17-11-25-19(21-17)22-18(23)10-24-15-5-3-4-14(20)9-15/h3-9,11H,10H2,1-2H3,(H,21,22,23). The van der Waals surface area contributed by atoms with E-state index in [1.165, 1.54) is 35.1 Å². The average Bonchev–Trinajstić information content (AvgIpc) is 3.01. The molecule has 0 aliphatic heterocycles. The fourth-order valence-electron chi connectivity index (χ4n) is 2.42. The molecule has 2 aromatic carbocycles. The lowest BCUT2D eigenvalue weighted by Crippen LogP contribution is -2.20. The van der Waals surface area contributed by atoms with Gasteiger partial charge in [0.15, 0.2) is 11.7 Å². The van der Waals surface area contributed by atoms with Crippen LogP contribution >= 0.6 is 11.3 Å². The third-order valence-electron chi connectivity index (χ3n) is 3.57. The van der Waals surface area contributed by atoms with Crippen molar-refractivity contribution in [3.8, 4) is 17.0 Å². The second-order valence-corrected chi connectivity index (χ2v) is 6.51. The number of amides is 1. The minimum Gasteiger partial charge on any atom is -0.484 e. The molecule has 1 amide bonds. The largest absolute Gasteiger partial charge is 0.484 e. The van der Waals surface area contributed by atoms with E-state index < -0.39 is 5.82 Å². The van der Waals surface area contributed by atoms with Crippen LogP contribution in [0.4, 0.5) is 9.52 Å². The number of nitrogens with one attached hydrogen (secondary N) is 1. The molecular formula is C19H17FN2O2S. The molecule has 0 aliphatic rings. The van der Waals surface area contributed by atoms with E-state index in [0.29, 0.717) is 10.9 Å². The second-order valence-electron chi connectivity index (χ2n) is 5.65. The van der Waals surface area contributed by atoms with E-state index in [4.69, 9.17) is 4.74 Å². The lowest BCUT2D eigenvalue weighted by atomic mass is 10.0. The van der Waals surface area contributed by atoms with E-state index in [0.717, 1.165) is 16.8 Å². The van der Waals surface area contributed by atoms with Crippen molar-refractivity contribution in [1.29, 1.82) is 0 Å². The molecule has 0 saturated carbocycles. The maximum atomic E-state index is 13.1. The molecule has 1 N–H and O–H groups in total. The van der Waals surface area contributed by atoms with Gasteiger partial charge in [-0.2, -0.15) is 0 Å². The molecule has 0 aliphatic carbocycles. The number of anilines is 1. The highest BCUT2D eigenvalue weighted by atomic mass is 32.1. The average molecular weight is 356 g/mol. The SMILES string of the molecule is Cc1ccc(-c2csc(NC(=O)COc3cccc(F)c3)n2)c(C)c1. The molecule has 0 bridgehead atoms. The summed E-state index contributed by atoms with van der Waals surface area (Å²) < 4.78 is 18.3. The summed E-state index contributed by atoms with van der Waals surface area (Å²) in [4.78, 5) is 16.4. The normalized spacial score (nSPS) is 10.5. The molecule has 0 fully saturated rings. The van der Waals surface area contributed by atoms with Gasteiger partial charge in [-0.1, -0.05) is 29.8 Å². The monoisotopic (exact) mass is 356 g/mol. The molecule has 128 valence electrons. The van der Waals surface area contributed by atoms with Gasteiger partial charge < -0.3 is 4.74 Å². The smallest absolute Gasteiger partial charge is 0.264 e. The van der Waals surface area contributed by atoms with Crippen LogP contribution in [-0.2, 0) is 4.79 Å². The van der Waals surface area contributed by atoms with Crippen LogP contribution in [0.1, 0.15) is 11.1 Å². The van der Waals surface area contributed by atoms with Gasteiger partial charge in [0.1, 0.15) is 11.6 Å². The fourth-order valence-corrected chi connectivity index (χ4v) is 3.14. The van der Waals surface area contributed by atoms with Crippen LogP contribution in [0.15, 0.2) is 47.8 Å². The van der Waals surface area contributed by atoms with Crippen molar-refractivity contribution in [2.24, 2.45) is 0 Å². The second kappa shape index (κ2) is 7.44. The number of carbonyl (C=O) groups excluding carboxylic acids is 1. The predicted octanol–water partition coefficient (Wildman–Crippen LogP) is 4.58. The zero-order valence-electron chi connectivity index (χ0n) is 13.9. The highest BCUT2D eigenvalue weighted by Crippen LogP contribution is 2.28. The summed E-state index contributed by atoms with van der Waals surface area (Å²) >= 11 is 1.35. The summed E-state index contributed by atoms with van der Waals surface area (Å²) in [6.45, 7) is 3.87. The highest BCUT2D eigenvalue weighted by molar-refractivity contribution is 7.14. The number of nitrogens with zero attached hydrogens (tertiary/aromatic N) is 1. The van der Waals surface area contributed by atoms with E-state index in [2.05, 4.69) is 16.4 Å². The van der Waals surface area contributed by atoms with Crippen LogP contribution in [0.25, 0.3) is 11.3 Å². The van der Waals surface area contributed by atoms with E-state index >= 15 is 0 Å². The first kappa shape index (κ1) is 17.1. The van der Waals surface area contributed by atoms with Crippen LogP contribution in [0, 0.1) is 19.7 Å². The number of aryl methyl sites for hydroxylation is 2.